The quantitative estimate of drug-likeness (QED) is 0.783. The zero-order valence-corrected chi connectivity index (χ0v) is 10.7. The Morgan fingerprint density at radius 2 is 1.83 bits per heavy atom. The first-order valence-electron chi connectivity index (χ1n) is 5.92. The minimum Gasteiger partial charge on any atom is -0.337 e. The van der Waals surface area contributed by atoms with Gasteiger partial charge in [-0.1, -0.05) is 6.07 Å². The molecule has 0 saturated carbocycles. The van der Waals surface area contributed by atoms with Crippen molar-refractivity contribution in [2.45, 2.75) is 0 Å². The van der Waals surface area contributed by atoms with E-state index in [2.05, 4.69) is 10.2 Å². The normalized spacial score (nSPS) is 15.9. The molecule has 2 heterocycles. The molecule has 0 radical (unpaired) electrons. The number of thioether (sulfide) groups is 1. The van der Waals surface area contributed by atoms with Gasteiger partial charge in [-0.2, -0.15) is 22.0 Å². The van der Waals surface area contributed by atoms with E-state index in [1.807, 2.05) is 34.9 Å². The standard InChI is InChI=1S/C13H13N3OS/c17-13(16-3-5-18-6-4-16)10-1-2-11-8-14-15-9-12(11)7-10/h1-2,7-9H,3-6H2. The summed E-state index contributed by atoms with van der Waals surface area (Å²) in [6, 6.07) is 5.69. The second-order valence-electron chi connectivity index (χ2n) is 4.24. The van der Waals surface area contributed by atoms with Crippen LogP contribution in [0.1, 0.15) is 10.4 Å². The molecule has 0 bridgehead atoms. The van der Waals surface area contributed by atoms with Gasteiger partial charge in [0.2, 0.25) is 0 Å². The molecule has 0 N–H and O–H groups in total. The first-order chi connectivity index (χ1) is 8.84. The lowest BCUT2D eigenvalue weighted by atomic mass is 10.1. The van der Waals surface area contributed by atoms with E-state index in [-0.39, 0.29) is 5.91 Å². The van der Waals surface area contributed by atoms with Crippen LogP contribution in [0.5, 0.6) is 0 Å². The highest BCUT2D eigenvalue weighted by Gasteiger charge is 2.18. The van der Waals surface area contributed by atoms with Crippen molar-refractivity contribution in [3.8, 4) is 0 Å². The third-order valence-electron chi connectivity index (χ3n) is 3.09. The molecule has 0 unspecified atom stereocenters. The zero-order valence-electron chi connectivity index (χ0n) is 9.87. The van der Waals surface area contributed by atoms with Crippen LogP contribution < -0.4 is 0 Å². The van der Waals surface area contributed by atoms with Gasteiger partial charge in [-0.15, -0.1) is 0 Å². The van der Waals surface area contributed by atoms with Crippen LogP contribution in [0.3, 0.4) is 0 Å². The largest absolute Gasteiger partial charge is 0.337 e. The number of benzene rings is 1. The molecule has 1 amide bonds. The highest BCUT2D eigenvalue weighted by Crippen LogP contribution is 2.17. The summed E-state index contributed by atoms with van der Waals surface area (Å²) in [5.41, 5.74) is 0.738. The Morgan fingerprint density at radius 1 is 1.11 bits per heavy atom. The van der Waals surface area contributed by atoms with Gasteiger partial charge in [0.1, 0.15) is 0 Å². The van der Waals surface area contributed by atoms with Crippen molar-refractivity contribution in [2.24, 2.45) is 0 Å². The van der Waals surface area contributed by atoms with Crippen LogP contribution in [0, 0.1) is 0 Å². The van der Waals surface area contributed by atoms with Crippen molar-refractivity contribution in [1.82, 2.24) is 15.1 Å². The maximum Gasteiger partial charge on any atom is 0.253 e. The molecule has 1 aromatic heterocycles. The maximum atomic E-state index is 12.3. The molecule has 1 aliphatic heterocycles. The van der Waals surface area contributed by atoms with Gasteiger partial charge in [0, 0.05) is 40.9 Å². The Labute approximate surface area is 109 Å². The van der Waals surface area contributed by atoms with Crippen LogP contribution in [0.25, 0.3) is 10.8 Å². The SMILES string of the molecule is O=C(c1ccc2cnncc2c1)N1CCSCC1. The van der Waals surface area contributed by atoms with Crippen molar-refractivity contribution < 1.29 is 4.79 Å². The summed E-state index contributed by atoms with van der Waals surface area (Å²) in [5, 5.41) is 9.65. The molecule has 1 aliphatic rings. The number of hydrogen-bond donors (Lipinski definition) is 0. The summed E-state index contributed by atoms with van der Waals surface area (Å²) in [4.78, 5) is 14.2. The summed E-state index contributed by atoms with van der Waals surface area (Å²) in [5.74, 6) is 2.18. The fourth-order valence-corrected chi connectivity index (χ4v) is 2.98. The maximum absolute atomic E-state index is 12.3. The predicted octanol–water partition coefficient (Wildman–Crippen LogP) is 1.82. The zero-order chi connectivity index (χ0) is 12.4. The first kappa shape index (κ1) is 11.5. The lowest BCUT2D eigenvalue weighted by molar-refractivity contribution is 0.0772. The molecule has 18 heavy (non-hydrogen) atoms. The highest BCUT2D eigenvalue weighted by molar-refractivity contribution is 7.99. The van der Waals surface area contributed by atoms with Gasteiger partial charge < -0.3 is 4.90 Å². The topological polar surface area (TPSA) is 46.1 Å². The van der Waals surface area contributed by atoms with E-state index in [9.17, 15) is 4.79 Å². The number of nitrogens with zero attached hydrogens (tertiary/aromatic N) is 3. The Morgan fingerprint density at radius 3 is 2.61 bits per heavy atom. The molecule has 1 saturated heterocycles. The first-order valence-corrected chi connectivity index (χ1v) is 7.07. The number of hydrogen-bond acceptors (Lipinski definition) is 4. The van der Waals surface area contributed by atoms with Crippen molar-refractivity contribution in [3.05, 3.63) is 36.2 Å². The van der Waals surface area contributed by atoms with Crippen LogP contribution in [-0.2, 0) is 0 Å². The van der Waals surface area contributed by atoms with E-state index >= 15 is 0 Å². The Kier molecular flexibility index (Phi) is 3.15. The fraction of sp³-hybridized carbons (Fsp3) is 0.308. The lowest BCUT2D eigenvalue weighted by Gasteiger charge is -2.26. The van der Waals surface area contributed by atoms with Crippen LogP contribution >= 0.6 is 11.8 Å². The van der Waals surface area contributed by atoms with E-state index in [1.165, 1.54) is 0 Å². The van der Waals surface area contributed by atoms with Gasteiger partial charge in [0.25, 0.3) is 5.91 Å². The minimum absolute atomic E-state index is 0.119. The smallest absolute Gasteiger partial charge is 0.253 e. The van der Waals surface area contributed by atoms with Crippen LogP contribution in [0.2, 0.25) is 0 Å². The summed E-state index contributed by atoms with van der Waals surface area (Å²) in [6.07, 6.45) is 3.40. The number of aromatic nitrogens is 2. The van der Waals surface area contributed by atoms with E-state index in [0.29, 0.717) is 0 Å². The second-order valence-corrected chi connectivity index (χ2v) is 5.46. The molecular weight excluding hydrogens is 246 g/mol. The van der Waals surface area contributed by atoms with Crippen LogP contribution in [0.15, 0.2) is 30.6 Å². The molecule has 0 spiro atoms. The molecule has 1 aromatic carbocycles. The van der Waals surface area contributed by atoms with Crippen molar-refractivity contribution in [2.75, 3.05) is 24.6 Å². The molecule has 92 valence electrons. The van der Waals surface area contributed by atoms with E-state index in [0.717, 1.165) is 40.9 Å². The highest BCUT2D eigenvalue weighted by atomic mass is 32.2. The van der Waals surface area contributed by atoms with Crippen LogP contribution in [0.4, 0.5) is 0 Å². The Bertz CT molecular complexity index is 581. The fourth-order valence-electron chi connectivity index (χ4n) is 2.08. The third kappa shape index (κ3) is 2.18. The molecule has 3 rings (SSSR count). The molecule has 1 fully saturated rings. The third-order valence-corrected chi connectivity index (χ3v) is 4.03. The average molecular weight is 259 g/mol. The number of amides is 1. The minimum atomic E-state index is 0.119. The molecular formula is C13H13N3OS. The average Bonchev–Trinajstić information content (AvgIpc) is 2.47. The summed E-state index contributed by atoms with van der Waals surface area (Å²) in [7, 11) is 0. The van der Waals surface area contributed by atoms with E-state index < -0.39 is 0 Å². The van der Waals surface area contributed by atoms with Gasteiger partial charge >= 0.3 is 0 Å². The van der Waals surface area contributed by atoms with Gasteiger partial charge in [0.05, 0.1) is 12.4 Å². The van der Waals surface area contributed by atoms with Gasteiger partial charge in [-0.25, -0.2) is 0 Å². The van der Waals surface area contributed by atoms with Crippen molar-refractivity contribution >= 4 is 28.4 Å². The summed E-state index contributed by atoms with van der Waals surface area (Å²) < 4.78 is 0. The Balaban J connectivity index is 1.91. The van der Waals surface area contributed by atoms with E-state index in [1.54, 1.807) is 12.4 Å². The van der Waals surface area contributed by atoms with Crippen LogP contribution in [-0.4, -0.2) is 45.6 Å². The van der Waals surface area contributed by atoms with Gasteiger partial charge in [-0.05, 0) is 12.1 Å². The second kappa shape index (κ2) is 4.94. The monoisotopic (exact) mass is 259 g/mol. The molecule has 4 nitrogen and oxygen atoms in total. The van der Waals surface area contributed by atoms with E-state index in [4.69, 9.17) is 0 Å². The van der Waals surface area contributed by atoms with Crippen molar-refractivity contribution in [1.29, 1.82) is 0 Å². The molecule has 2 aromatic rings. The number of carbonyl (C=O) groups excluding carboxylic acids is 1. The predicted molar refractivity (Wildman–Crippen MR) is 72.8 cm³/mol. The lowest BCUT2D eigenvalue weighted by Crippen LogP contribution is -2.37. The molecule has 5 heteroatoms. The number of rotatable bonds is 1. The molecule has 0 atom stereocenters. The van der Waals surface area contributed by atoms with Gasteiger partial charge in [0.15, 0.2) is 0 Å². The van der Waals surface area contributed by atoms with Gasteiger partial charge in [-0.3, -0.25) is 4.79 Å². The van der Waals surface area contributed by atoms with Crippen molar-refractivity contribution in [3.63, 3.8) is 0 Å². The summed E-state index contributed by atoms with van der Waals surface area (Å²) in [6.45, 7) is 1.69. The summed E-state index contributed by atoms with van der Waals surface area (Å²) >= 11 is 1.90. The Hall–Kier alpha value is -1.62. The number of carbonyl (C=O) groups is 1. The molecule has 0 aliphatic carbocycles. The number of fused-ring (bicyclic) bond motifs is 1.